The van der Waals surface area contributed by atoms with E-state index in [0.717, 1.165) is 12.1 Å². The first-order chi connectivity index (χ1) is 21.8. The van der Waals surface area contributed by atoms with E-state index in [4.69, 9.17) is 9.47 Å². The summed E-state index contributed by atoms with van der Waals surface area (Å²) in [6, 6.07) is 11.6. The van der Waals surface area contributed by atoms with Crippen LogP contribution in [0.3, 0.4) is 0 Å². The highest BCUT2D eigenvalue weighted by molar-refractivity contribution is 5.92. The van der Waals surface area contributed by atoms with Crippen molar-refractivity contribution in [2.75, 3.05) is 13.7 Å². The molecule has 14 heteroatoms. The second kappa shape index (κ2) is 12.5. The highest BCUT2D eigenvalue weighted by atomic mass is 19.1. The molecule has 0 aliphatic carbocycles. The number of methoxy groups -OCH3 is 1. The maximum atomic E-state index is 15.4. The van der Waals surface area contributed by atoms with Crippen LogP contribution in [0.2, 0.25) is 0 Å². The van der Waals surface area contributed by atoms with Crippen LogP contribution in [-0.4, -0.2) is 64.3 Å². The number of aromatic nitrogens is 8. The lowest BCUT2D eigenvalue weighted by Gasteiger charge is -2.12. The van der Waals surface area contributed by atoms with Crippen molar-refractivity contribution in [3.63, 3.8) is 0 Å². The zero-order valence-electron chi connectivity index (χ0n) is 24.2. The maximum absolute atomic E-state index is 15.4. The Balaban J connectivity index is 1.20. The third-order valence-electron chi connectivity index (χ3n) is 7.02. The van der Waals surface area contributed by atoms with Gasteiger partial charge in [0.25, 0.3) is 0 Å². The van der Waals surface area contributed by atoms with Crippen LogP contribution in [0, 0.1) is 11.6 Å². The van der Waals surface area contributed by atoms with E-state index in [1.165, 1.54) is 19.2 Å². The van der Waals surface area contributed by atoms with E-state index in [9.17, 15) is 9.90 Å². The lowest BCUT2D eigenvalue weighted by Crippen LogP contribution is -2.10. The predicted molar refractivity (Wildman–Crippen MR) is 157 cm³/mol. The molecule has 12 nitrogen and oxygen atoms in total. The van der Waals surface area contributed by atoms with E-state index in [0.29, 0.717) is 47.1 Å². The molecule has 0 atom stereocenters. The number of carbonyl (C=O) groups is 1. The number of aryl methyl sites for hydroxylation is 1. The molecule has 0 aliphatic heterocycles. The van der Waals surface area contributed by atoms with Crippen LogP contribution in [0.25, 0.3) is 33.7 Å². The van der Waals surface area contributed by atoms with Crippen LogP contribution in [-0.2, 0) is 31.4 Å². The van der Waals surface area contributed by atoms with Crippen molar-refractivity contribution >= 4 is 17.0 Å². The molecular formula is C31H26F2N8O4. The van der Waals surface area contributed by atoms with Gasteiger partial charge in [-0.05, 0) is 42.0 Å². The van der Waals surface area contributed by atoms with Crippen molar-refractivity contribution in [3.05, 3.63) is 101 Å². The summed E-state index contributed by atoms with van der Waals surface area (Å²) in [6.45, 7) is 0.718. The number of carboxylic acid groups (broad SMARTS) is 1. The van der Waals surface area contributed by atoms with Gasteiger partial charge in [-0.15, -0.1) is 5.10 Å². The fraction of sp³-hybridized carbons (Fsp3) is 0.194. The summed E-state index contributed by atoms with van der Waals surface area (Å²) in [4.78, 5) is 29.1. The summed E-state index contributed by atoms with van der Waals surface area (Å²) in [6.07, 6.45) is 4.81. The Labute approximate surface area is 255 Å². The quantitative estimate of drug-likeness (QED) is 0.223. The van der Waals surface area contributed by atoms with E-state index < -0.39 is 17.6 Å². The SMILES string of the molecule is COCCn1c(Cc2cc(F)c(-c3cccc(OCc4cnc(-c5cn(C)nn5)cn4)n3)cc2F)nc2ccc(C(=O)O)cc21. The molecule has 4 heterocycles. The van der Waals surface area contributed by atoms with Gasteiger partial charge in [0.05, 0.1) is 53.2 Å². The summed E-state index contributed by atoms with van der Waals surface area (Å²) < 4.78 is 45.2. The topological polar surface area (TPSA) is 143 Å². The molecule has 0 spiro atoms. The van der Waals surface area contributed by atoms with Crippen LogP contribution in [0.1, 0.15) is 27.4 Å². The molecule has 0 radical (unpaired) electrons. The number of benzene rings is 2. The third kappa shape index (κ3) is 6.35. The van der Waals surface area contributed by atoms with Gasteiger partial charge in [-0.3, -0.25) is 14.6 Å². The summed E-state index contributed by atoms with van der Waals surface area (Å²) >= 11 is 0. The van der Waals surface area contributed by atoms with E-state index in [2.05, 4.69) is 30.2 Å². The first-order valence-electron chi connectivity index (χ1n) is 13.8. The second-order valence-electron chi connectivity index (χ2n) is 10.1. The lowest BCUT2D eigenvalue weighted by molar-refractivity contribution is 0.0697. The van der Waals surface area contributed by atoms with E-state index in [-0.39, 0.29) is 41.3 Å². The van der Waals surface area contributed by atoms with Gasteiger partial charge in [0.2, 0.25) is 5.88 Å². The summed E-state index contributed by atoms with van der Waals surface area (Å²) in [5.74, 6) is -1.75. The molecule has 4 aromatic heterocycles. The van der Waals surface area contributed by atoms with E-state index in [1.54, 1.807) is 59.2 Å². The predicted octanol–water partition coefficient (Wildman–Crippen LogP) is 4.48. The average molecular weight is 613 g/mol. The number of aromatic carboxylic acids is 1. The normalized spacial score (nSPS) is 11.3. The number of imidazole rings is 1. The minimum Gasteiger partial charge on any atom is -0.478 e. The number of hydrogen-bond acceptors (Lipinski definition) is 9. The summed E-state index contributed by atoms with van der Waals surface area (Å²) in [7, 11) is 3.29. The van der Waals surface area contributed by atoms with Crippen LogP contribution >= 0.6 is 0 Å². The number of fused-ring (bicyclic) bond motifs is 1. The molecule has 0 saturated heterocycles. The standard InChI is InChI=1S/C31H26F2N8O4/c1-40-16-27(38-39-40)26-15-34-20(14-35-26)17-45-30-5-3-4-24(37-30)21-13-22(32)19(10-23(21)33)12-29-36-25-7-6-18(31(42)43)11-28(25)41(29)8-9-44-2/h3-7,10-11,13-16H,8-9,12,17H2,1-2H3,(H,42,43). The van der Waals surface area contributed by atoms with Gasteiger partial charge < -0.3 is 19.1 Å². The highest BCUT2D eigenvalue weighted by Crippen LogP contribution is 2.28. The third-order valence-corrected chi connectivity index (χ3v) is 7.02. The monoisotopic (exact) mass is 612 g/mol. The number of rotatable bonds is 11. The van der Waals surface area contributed by atoms with Crippen molar-refractivity contribution in [2.45, 2.75) is 19.6 Å². The fourth-order valence-electron chi connectivity index (χ4n) is 4.78. The van der Waals surface area contributed by atoms with Crippen molar-refractivity contribution in [1.29, 1.82) is 0 Å². The minimum absolute atomic E-state index is 0.0307. The average Bonchev–Trinajstić information content (AvgIpc) is 3.63. The molecule has 0 fully saturated rings. The van der Waals surface area contributed by atoms with Gasteiger partial charge in [0.15, 0.2) is 0 Å². The Hall–Kier alpha value is -5.63. The molecule has 0 amide bonds. The van der Waals surface area contributed by atoms with Crippen molar-refractivity contribution in [1.82, 2.24) is 39.5 Å². The van der Waals surface area contributed by atoms with Gasteiger partial charge >= 0.3 is 5.97 Å². The van der Waals surface area contributed by atoms with Crippen LogP contribution < -0.4 is 4.74 Å². The van der Waals surface area contributed by atoms with Gasteiger partial charge in [0, 0.05) is 38.8 Å². The number of carboxylic acids is 1. The Morgan fingerprint density at radius 3 is 2.58 bits per heavy atom. The van der Waals surface area contributed by atoms with Crippen molar-refractivity contribution in [2.24, 2.45) is 7.05 Å². The minimum atomic E-state index is -1.08. The number of nitrogens with zero attached hydrogens (tertiary/aromatic N) is 8. The van der Waals surface area contributed by atoms with Gasteiger partial charge in [-0.1, -0.05) is 11.3 Å². The molecule has 1 N–H and O–H groups in total. The highest BCUT2D eigenvalue weighted by Gasteiger charge is 2.18. The van der Waals surface area contributed by atoms with Crippen LogP contribution in [0.5, 0.6) is 5.88 Å². The molecule has 0 saturated carbocycles. The van der Waals surface area contributed by atoms with E-state index >= 15 is 8.78 Å². The Morgan fingerprint density at radius 2 is 1.84 bits per heavy atom. The Morgan fingerprint density at radius 1 is 0.978 bits per heavy atom. The summed E-state index contributed by atoms with van der Waals surface area (Å²) in [5.41, 5.74) is 3.12. The van der Waals surface area contributed by atoms with Gasteiger partial charge in [-0.25, -0.2) is 23.5 Å². The first-order valence-corrected chi connectivity index (χ1v) is 13.8. The smallest absolute Gasteiger partial charge is 0.335 e. The number of halogens is 2. The largest absolute Gasteiger partial charge is 0.478 e. The molecule has 6 aromatic rings. The maximum Gasteiger partial charge on any atom is 0.335 e. The second-order valence-corrected chi connectivity index (χ2v) is 10.1. The lowest BCUT2D eigenvalue weighted by atomic mass is 10.0. The number of ether oxygens (including phenoxy) is 2. The molecule has 0 aliphatic rings. The van der Waals surface area contributed by atoms with Crippen molar-refractivity contribution in [3.8, 4) is 28.5 Å². The zero-order chi connectivity index (χ0) is 31.5. The molecule has 2 aromatic carbocycles. The van der Waals surface area contributed by atoms with Crippen molar-refractivity contribution < 1.29 is 28.2 Å². The van der Waals surface area contributed by atoms with E-state index in [1.807, 2.05) is 0 Å². The molecule has 6 rings (SSSR count). The number of pyridine rings is 1. The summed E-state index contributed by atoms with van der Waals surface area (Å²) in [5, 5.41) is 17.3. The Bertz CT molecular complexity index is 2010. The zero-order valence-corrected chi connectivity index (χ0v) is 24.2. The molecular weight excluding hydrogens is 586 g/mol. The van der Waals surface area contributed by atoms with Gasteiger partial charge in [-0.2, -0.15) is 0 Å². The molecule has 228 valence electrons. The number of hydrogen-bond donors (Lipinski definition) is 1. The molecule has 0 bridgehead atoms. The van der Waals surface area contributed by atoms with Crippen LogP contribution in [0.15, 0.2) is 67.1 Å². The molecule has 45 heavy (non-hydrogen) atoms. The first kappa shape index (κ1) is 29.4. The molecule has 0 unspecified atom stereocenters. The Kier molecular flexibility index (Phi) is 8.20. The van der Waals surface area contributed by atoms with Gasteiger partial charge in [0.1, 0.15) is 35.5 Å². The van der Waals surface area contributed by atoms with Crippen LogP contribution in [0.4, 0.5) is 8.78 Å². The fourth-order valence-corrected chi connectivity index (χ4v) is 4.78.